The van der Waals surface area contributed by atoms with Gasteiger partial charge in [-0.2, -0.15) is 4.31 Å². The van der Waals surface area contributed by atoms with E-state index in [1.54, 1.807) is 22.5 Å². The van der Waals surface area contributed by atoms with Gasteiger partial charge in [-0.3, -0.25) is 4.79 Å². The zero-order valence-corrected chi connectivity index (χ0v) is 17.9. The molecule has 6 nitrogen and oxygen atoms in total. The summed E-state index contributed by atoms with van der Waals surface area (Å²) in [4.78, 5) is 12.9. The Morgan fingerprint density at radius 2 is 1.74 bits per heavy atom. The fourth-order valence-corrected chi connectivity index (χ4v) is 4.87. The summed E-state index contributed by atoms with van der Waals surface area (Å²) in [5.74, 6) is -0.285. The van der Waals surface area contributed by atoms with Crippen molar-refractivity contribution < 1.29 is 13.2 Å². The van der Waals surface area contributed by atoms with Crippen molar-refractivity contribution in [2.75, 3.05) is 19.6 Å². The molecule has 0 aromatic heterocycles. The highest BCUT2D eigenvalue weighted by Crippen LogP contribution is 2.22. The summed E-state index contributed by atoms with van der Waals surface area (Å²) >= 11 is 0. The lowest BCUT2D eigenvalue weighted by Gasteiger charge is -2.31. The minimum Gasteiger partial charge on any atom is -0.345 e. The summed E-state index contributed by atoms with van der Waals surface area (Å²) in [5, 5.41) is 2.99. The van der Waals surface area contributed by atoms with Crippen LogP contribution in [0.5, 0.6) is 0 Å². The van der Waals surface area contributed by atoms with E-state index < -0.39 is 15.6 Å². The molecule has 3 N–H and O–H groups in total. The number of carbonyl (C=O) groups excluding carboxylic acids is 1. The Balaban J connectivity index is 0.00000364. The van der Waals surface area contributed by atoms with Gasteiger partial charge in [0.15, 0.2) is 0 Å². The molecule has 1 amide bonds. The molecule has 0 unspecified atom stereocenters. The molecule has 0 spiro atoms. The predicted molar refractivity (Wildman–Crippen MR) is 111 cm³/mol. The van der Waals surface area contributed by atoms with E-state index in [0.717, 1.165) is 38.5 Å². The van der Waals surface area contributed by atoms with Gasteiger partial charge in [-0.25, -0.2) is 8.42 Å². The van der Waals surface area contributed by atoms with E-state index in [9.17, 15) is 13.2 Å². The van der Waals surface area contributed by atoms with Crippen LogP contribution in [0.25, 0.3) is 0 Å². The quantitative estimate of drug-likeness (QED) is 0.713. The third-order valence-electron chi connectivity index (χ3n) is 5.42. The van der Waals surface area contributed by atoms with Gasteiger partial charge < -0.3 is 11.1 Å². The molecule has 1 fully saturated rings. The number of rotatable bonds is 7. The first-order valence-corrected chi connectivity index (χ1v) is 11.0. The summed E-state index contributed by atoms with van der Waals surface area (Å²) in [7, 11) is -3.57. The van der Waals surface area contributed by atoms with E-state index in [-0.39, 0.29) is 23.2 Å². The minimum absolute atomic E-state index is 0. The van der Waals surface area contributed by atoms with Crippen molar-refractivity contribution in [2.45, 2.75) is 62.8 Å². The first kappa shape index (κ1) is 23.9. The first-order valence-electron chi connectivity index (χ1n) is 9.51. The van der Waals surface area contributed by atoms with E-state index in [1.807, 2.05) is 13.8 Å². The summed E-state index contributed by atoms with van der Waals surface area (Å²) < 4.78 is 27.4. The summed E-state index contributed by atoms with van der Waals surface area (Å²) in [5.41, 5.74) is 5.74. The first-order chi connectivity index (χ1) is 12.4. The number of nitrogens with one attached hydrogen (secondary N) is 1. The molecule has 0 bridgehead atoms. The zero-order chi connectivity index (χ0) is 19.2. The number of nitrogens with two attached hydrogens (primary N) is 1. The highest BCUT2D eigenvalue weighted by molar-refractivity contribution is 7.89. The number of benzene rings is 1. The second-order valence-corrected chi connectivity index (χ2v) is 8.93. The molecular formula is C19H32ClN3O3S. The maximum atomic E-state index is 12.9. The van der Waals surface area contributed by atoms with Gasteiger partial charge in [0.25, 0.3) is 5.91 Å². The average molecular weight is 418 g/mol. The van der Waals surface area contributed by atoms with Crippen molar-refractivity contribution in [2.24, 2.45) is 5.73 Å². The lowest BCUT2D eigenvalue weighted by molar-refractivity contribution is 0.0895. The molecule has 2 rings (SSSR count). The zero-order valence-electron chi connectivity index (χ0n) is 16.2. The Hall–Kier alpha value is -1.15. The average Bonchev–Trinajstić information content (AvgIpc) is 2.96. The third-order valence-corrected chi connectivity index (χ3v) is 7.32. The maximum Gasteiger partial charge on any atom is 0.251 e. The van der Waals surface area contributed by atoms with Crippen molar-refractivity contribution in [3.8, 4) is 0 Å². The van der Waals surface area contributed by atoms with Crippen LogP contribution in [0.4, 0.5) is 0 Å². The van der Waals surface area contributed by atoms with Crippen LogP contribution in [0.1, 0.15) is 62.7 Å². The summed E-state index contributed by atoms with van der Waals surface area (Å²) in [6.07, 6.45) is 5.32. The molecule has 1 aliphatic heterocycles. The number of hydrogen-bond acceptors (Lipinski definition) is 4. The van der Waals surface area contributed by atoms with Gasteiger partial charge in [-0.1, -0.05) is 32.8 Å². The molecule has 154 valence electrons. The van der Waals surface area contributed by atoms with Crippen molar-refractivity contribution in [3.63, 3.8) is 0 Å². The number of amides is 1. The monoisotopic (exact) mass is 417 g/mol. The smallest absolute Gasteiger partial charge is 0.251 e. The topological polar surface area (TPSA) is 92.5 Å². The summed E-state index contributed by atoms with van der Waals surface area (Å²) in [6, 6.07) is 6.31. The highest BCUT2D eigenvalue weighted by Gasteiger charge is 2.29. The van der Waals surface area contributed by atoms with Crippen molar-refractivity contribution in [1.29, 1.82) is 0 Å². The molecule has 1 saturated heterocycles. The van der Waals surface area contributed by atoms with Crippen LogP contribution in [0.3, 0.4) is 0 Å². The van der Waals surface area contributed by atoms with Crippen molar-refractivity contribution in [1.82, 2.24) is 9.62 Å². The second kappa shape index (κ2) is 10.4. The van der Waals surface area contributed by atoms with Gasteiger partial charge in [0.05, 0.1) is 10.4 Å². The Bertz CT molecular complexity index is 704. The predicted octanol–water partition coefficient (Wildman–Crippen LogP) is 2.92. The molecular weight excluding hydrogens is 386 g/mol. The molecule has 8 heteroatoms. The van der Waals surface area contributed by atoms with Gasteiger partial charge in [-0.05, 0) is 43.9 Å². The minimum atomic E-state index is -3.57. The van der Waals surface area contributed by atoms with Crippen LogP contribution in [-0.4, -0.2) is 43.8 Å². The van der Waals surface area contributed by atoms with Gasteiger partial charge in [0, 0.05) is 25.2 Å². The van der Waals surface area contributed by atoms with E-state index in [4.69, 9.17) is 5.73 Å². The van der Waals surface area contributed by atoms with Gasteiger partial charge in [0.1, 0.15) is 0 Å². The van der Waals surface area contributed by atoms with Crippen molar-refractivity contribution >= 4 is 28.3 Å². The molecule has 1 aromatic rings. The van der Waals surface area contributed by atoms with Gasteiger partial charge >= 0.3 is 0 Å². The number of halogens is 1. The van der Waals surface area contributed by atoms with E-state index >= 15 is 0 Å². The normalized spacial score (nSPS) is 16.3. The molecule has 1 aromatic carbocycles. The van der Waals surface area contributed by atoms with E-state index in [2.05, 4.69) is 5.32 Å². The lowest BCUT2D eigenvalue weighted by atomic mass is 9.92. The van der Waals surface area contributed by atoms with Crippen LogP contribution < -0.4 is 11.1 Å². The third kappa shape index (κ3) is 5.67. The maximum absolute atomic E-state index is 12.9. The molecule has 0 atom stereocenters. The van der Waals surface area contributed by atoms with Crippen LogP contribution in [-0.2, 0) is 10.0 Å². The molecule has 0 aliphatic carbocycles. The Morgan fingerprint density at radius 3 is 2.26 bits per heavy atom. The number of nitrogens with zero attached hydrogens (tertiary/aromatic N) is 1. The Kier molecular flexibility index (Phi) is 9.21. The molecule has 1 aliphatic rings. The van der Waals surface area contributed by atoms with Crippen LogP contribution in [0, 0.1) is 0 Å². The summed E-state index contributed by atoms with van der Waals surface area (Å²) in [6.45, 7) is 5.40. The van der Waals surface area contributed by atoms with Crippen LogP contribution in [0.15, 0.2) is 29.2 Å². The van der Waals surface area contributed by atoms with E-state index in [0.29, 0.717) is 25.2 Å². The molecule has 0 radical (unpaired) electrons. The SMILES string of the molecule is CCC(CC)(CN)NC(=O)c1cccc(S(=O)(=O)N2CCCCCC2)c1.Cl. The lowest BCUT2D eigenvalue weighted by Crippen LogP contribution is -2.52. The van der Waals surface area contributed by atoms with Gasteiger partial charge in [-0.15, -0.1) is 12.4 Å². The number of hydrogen-bond donors (Lipinski definition) is 2. The molecule has 27 heavy (non-hydrogen) atoms. The standard InChI is InChI=1S/C19H31N3O3S.ClH/c1-3-19(4-2,15-20)21-18(23)16-10-9-11-17(14-16)26(24,25)22-12-7-5-6-8-13-22;/h9-11,14H,3-8,12-13,15,20H2,1-2H3,(H,21,23);1H. The Morgan fingerprint density at radius 1 is 1.15 bits per heavy atom. The number of sulfonamides is 1. The molecule has 1 heterocycles. The molecule has 0 saturated carbocycles. The fourth-order valence-electron chi connectivity index (χ4n) is 3.31. The van der Waals surface area contributed by atoms with Crippen LogP contribution in [0.2, 0.25) is 0 Å². The number of carbonyl (C=O) groups is 1. The van der Waals surface area contributed by atoms with Crippen molar-refractivity contribution in [3.05, 3.63) is 29.8 Å². The van der Waals surface area contributed by atoms with E-state index in [1.165, 1.54) is 6.07 Å². The largest absolute Gasteiger partial charge is 0.345 e. The van der Waals surface area contributed by atoms with Crippen LogP contribution >= 0.6 is 12.4 Å². The second-order valence-electron chi connectivity index (χ2n) is 6.99. The Labute approximate surface area is 169 Å². The fraction of sp³-hybridized carbons (Fsp3) is 0.632. The highest BCUT2D eigenvalue weighted by atomic mass is 35.5. The van der Waals surface area contributed by atoms with Gasteiger partial charge in [0.2, 0.25) is 10.0 Å².